The molecule has 4 amide bonds. The normalized spacial score (nSPS) is 17.1. The average Bonchev–Trinajstić information content (AvgIpc) is 3.26. The average molecular weight is 419 g/mol. The molecule has 0 atom stereocenters. The topological polar surface area (TPSA) is 90.5 Å². The minimum Gasteiger partial charge on any atom is -0.338 e. The second-order valence-electron chi connectivity index (χ2n) is 7.70. The molecule has 2 fully saturated rings. The second-order valence-corrected chi connectivity index (χ2v) is 8.92. The van der Waals surface area contributed by atoms with Gasteiger partial charge in [-0.05, 0) is 49.4 Å². The molecular formula is C21H30N4O3S. The third kappa shape index (κ3) is 6.39. The predicted molar refractivity (Wildman–Crippen MR) is 116 cm³/mol. The molecule has 8 heteroatoms. The molecule has 2 aliphatic rings. The van der Waals surface area contributed by atoms with E-state index in [1.165, 1.54) is 12.8 Å². The highest BCUT2D eigenvalue weighted by atomic mass is 32.2. The van der Waals surface area contributed by atoms with Crippen molar-refractivity contribution in [3.8, 4) is 0 Å². The van der Waals surface area contributed by atoms with Crippen molar-refractivity contribution in [3.63, 3.8) is 0 Å². The first-order valence-electron chi connectivity index (χ1n) is 10.3. The van der Waals surface area contributed by atoms with E-state index in [0.29, 0.717) is 23.7 Å². The van der Waals surface area contributed by atoms with Gasteiger partial charge in [0.05, 0.1) is 6.54 Å². The summed E-state index contributed by atoms with van der Waals surface area (Å²) in [4.78, 5) is 38.5. The Kier molecular flexibility index (Phi) is 7.80. The third-order valence-corrected chi connectivity index (χ3v) is 6.42. The molecule has 1 aromatic carbocycles. The molecule has 1 heterocycles. The van der Waals surface area contributed by atoms with Gasteiger partial charge in [0.15, 0.2) is 0 Å². The van der Waals surface area contributed by atoms with E-state index in [2.05, 4.69) is 16.0 Å². The molecular weight excluding hydrogens is 388 g/mol. The maximum Gasteiger partial charge on any atom is 0.315 e. The summed E-state index contributed by atoms with van der Waals surface area (Å²) in [7, 11) is 0. The van der Waals surface area contributed by atoms with E-state index in [4.69, 9.17) is 0 Å². The van der Waals surface area contributed by atoms with Crippen LogP contribution in [0, 0.1) is 12.8 Å². The summed E-state index contributed by atoms with van der Waals surface area (Å²) in [6.07, 6.45) is 4.79. The molecule has 3 N–H and O–H groups in total. The SMILES string of the molecule is Cc1cc(C(=O)N2CCSCC2)ccc1NC(=O)CNC(=O)NCC1CCCC1. The van der Waals surface area contributed by atoms with Crippen LogP contribution < -0.4 is 16.0 Å². The lowest BCUT2D eigenvalue weighted by molar-refractivity contribution is -0.115. The van der Waals surface area contributed by atoms with Crippen molar-refractivity contribution in [2.24, 2.45) is 5.92 Å². The molecule has 1 aliphatic carbocycles. The van der Waals surface area contributed by atoms with Crippen LogP contribution in [0.2, 0.25) is 0 Å². The smallest absolute Gasteiger partial charge is 0.315 e. The van der Waals surface area contributed by atoms with E-state index >= 15 is 0 Å². The first kappa shape index (κ1) is 21.5. The fraction of sp³-hybridized carbons (Fsp3) is 0.571. The first-order chi connectivity index (χ1) is 14.0. The highest BCUT2D eigenvalue weighted by Crippen LogP contribution is 2.23. The number of aryl methyl sites for hydroxylation is 1. The van der Waals surface area contributed by atoms with E-state index in [1.807, 2.05) is 23.6 Å². The zero-order valence-corrected chi connectivity index (χ0v) is 17.8. The summed E-state index contributed by atoms with van der Waals surface area (Å²) in [5, 5.41) is 8.23. The van der Waals surface area contributed by atoms with Gasteiger partial charge in [0.2, 0.25) is 5.91 Å². The van der Waals surface area contributed by atoms with Crippen LogP contribution >= 0.6 is 11.8 Å². The Balaban J connectivity index is 1.44. The highest BCUT2D eigenvalue weighted by Gasteiger charge is 2.19. The number of carbonyl (C=O) groups excluding carboxylic acids is 3. The molecule has 3 rings (SSSR count). The Morgan fingerprint density at radius 3 is 2.52 bits per heavy atom. The van der Waals surface area contributed by atoms with Gasteiger partial charge < -0.3 is 20.9 Å². The Bertz CT molecular complexity index is 743. The number of hydrogen-bond donors (Lipinski definition) is 3. The van der Waals surface area contributed by atoms with Gasteiger partial charge >= 0.3 is 6.03 Å². The number of carbonyl (C=O) groups is 3. The van der Waals surface area contributed by atoms with Gasteiger partial charge in [-0.25, -0.2) is 4.79 Å². The minimum absolute atomic E-state index is 0.0341. The number of benzene rings is 1. The van der Waals surface area contributed by atoms with E-state index in [9.17, 15) is 14.4 Å². The number of urea groups is 1. The quantitative estimate of drug-likeness (QED) is 0.662. The summed E-state index contributed by atoms with van der Waals surface area (Å²) < 4.78 is 0. The zero-order valence-electron chi connectivity index (χ0n) is 17.0. The van der Waals surface area contributed by atoms with Crippen molar-refractivity contribution >= 4 is 35.3 Å². The van der Waals surface area contributed by atoms with Crippen molar-refractivity contribution in [2.45, 2.75) is 32.6 Å². The first-order valence-corrected chi connectivity index (χ1v) is 11.5. The Hall–Kier alpha value is -2.22. The number of hydrogen-bond acceptors (Lipinski definition) is 4. The van der Waals surface area contributed by atoms with Crippen molar-refractivity contribution < 1.29 is 14.4 Å². The van der Waals surface area contributed by atoms with Crippen LogP contribution in [0.15, 0.2) is 18.2 Å². The summed E-state index contributed by atoms with van der Waals surface area (Å²) in [5.41, 5.74) is 2.10. The van der Waals surface area contributed by atoms with Gasteiger partial charge in [-0.15, -0.1) is 0 Å². The van der Waals surface area contributed by atoms with Crippen molar-refractivity contribution in [3.05, 3.63) is 29.3 Å². The lowest BCUT2D eigenvalue weighted by atomic mass is 10.1. The number of rotatable bonds is 6. The lowest BCUT2D eigenvalue weighted by Crippen LogP contribution is -2.41. The third-order valence-electron chi connectivity index (χ3n) is 5.48. The maximum absolute atomic E-state index is 12.6. The van der Waals surface area contributed by atoms with Crippen LogP contribution in [-0.2, 0) is 4.79 Å². The fourth-order valence-electron chi connectivity index (χ4n) is 3.75. The Labute approximate surface area is 176 Å². The van der Waals surface area contributed by atoms with Gasteiger partial charge in [0.25, 0.3) is 5.91 Å². The highest BCUT2D eigenvalue weighted by molar-refractivity contribution is 7.99. The summed E-state index contributed by atoms with van der Waals surface area (Å²) in [6.45, 7) is 3.98. The molecule has 158 valence electrons. The van der Waals surface area contributed by atoms with E-state index in [-0.39, 0.29) is 24.4 Å². The number of nitrogens with zero attached hydrogens (tertiary/aromatic N) is 1. The van der Waals surface area contributed by atoms with Gasteiger partial charge in [0, 0.05) is 42.4 Å². The van der Waals surface area contributed by atoms with E-state index in [0.717, 1.165) is 43.0 Å². The van der Waals surface area contributed by atoms with Gasteiger partial charge in [0.1, 0.15) is 0 Å². The van der Waals surface area contributed by atoms with Crippen molar-refractivity contribution in [1.29, 1.82) is 0 Å². The molecule has 1 aromatic rings. The molecule has 0 bridgehead atoms. The van der Waals surface area contributed by atoms with Crippen LogP contribution in [0.5, 0.6) is 0 Å². The van der Waals surface area contributed by atoms with Crippen LogP contribution in [-0.4, -0.2) is 60.4 Å². The summed E-state index contributed by atoms with van der Waals surface area (Å²) in [5.74, 6) is 2.24. The summed E-state index contributed by atoms with van der Waals surface area (Å²) in [6, 6.07) is 4.99. The van der Waals surface area contributed by atoms with Gasteiger partial charge in [-0.2, -0.15) is 11.8 Å². The number of thioether (sulfide) groups is 1. The molecule has 1 saturated heterocycles. The Morgan fingerprint density at radius 2 is 1.83 bits per heavy atom. The molecule has 0 spiro atoms. The fourth-order valence-corrected chi connectivity index (χ4v) is 4.66. The van der Waals surface area contributed by atoms with E-state index < -0.39 is 0 Å². The van der Waals surface area contributed by atoms with E-state index in [1.54, 1.807) is 18.2 Å². The molecule has 0 unspecified atom stereocenters. The number of anilines is 1. The minimum atomic E-state index is -0.315. The maximum atomic E-state index is 12.6. The number of amides is 4. The second kappa shape index (κ2) is 10.5. The van der Waals surface area contributed by atoms with Crippen LogP contribution in [0.3, 0.4) is 0 Å². The standard InChI is InChI=1S/C21H30N4O3S/c1-15-12-17(20(27)25-8-10-29-11-9-25)6-7-18(15)24-19(26)14-23-21(28)22-13-16-4-2-3-5-16/h6-7,12,16H,2-5,8-11,13-14H2,1H3,(H,24,26)(H2,22,23,28). The molecule has 29 heavy (non-hydrogen) atoms. The molecule has 0 radical (unpaired) electrons. The van der Waals surface area contributed by atoms with Gasteiger partial charge in [-0.1, -0.05) is 12.8 Å². The molecule has 1 aliphatic heterocycles. The zero-order chi connectivity index (χ0) is 20.6. The largest absolute Gasteiger partial charge is 0.338 e. The van der Waals surface area contributed by atoms with Crippen molar-refractivity contribution in [2.75, 3.05) is 43.0 Å². The van der Waals surface area contributed by atoms with Crippen LogP contribution in [0.1, 0.15) is 41.6 Å². The lowest BCUT2D eigenvalue weighted by Gasteiger charge is -2.26. The monoisotopic (exact) mass is 418 g/mol. The molecule has 7 nitrogen and oxygen atoms in total. The van der Waals surface area contributed by atoms with Crippen LogP contribution in [0.4, 0.5) is 10.5 Å². The molecule has 1 saturated carbocycles. The Morgan fingerprint density at radius 1 is 1.10 bits per heavy atom. The number of nitrogens with one attached hydrogen (secondary N) is 3. The molecule has 0 aromatic heterocycles. The predicted octanol–water partition coefficient (Wildman–Crippen LogP) is 2.61. The van der Waals surface area contributed by atoms with Gasteiger partial charge in [-0.3, -0.25) is 9.59 Å². The summed E-state index contributed by atoms with van der Waals surface area (Å²) >= 11 is 1.86. The van der Waals surface area contributed by atoms with Crippen molar-refractivity contribution in [1.82, 2.24) is 15.5 Å². The van der Waals surface area contributed by atoms with Crippen LogP contribution in [0.25, 0.3) is 0 Å².